The van der Waals surface area contributed by atoms with Gasteiger partial charge in [0.2, 0.25) is 11.8 Å². The van der Waals surface area contributed by atoms with Gasteiger partial charge in [-0.1, -0.05) is 66.1 Å². The number of hydrazine groups is 1. The number of aliphatic hydroxyl groups is 1. The quantitative estimate of drug-likeness (QED) is 0.150. The Morgan fingerprint density at radius 2 is 1.67 bits per heavy atom. The molecule has 2 saturated heterocycles. The van der Waals surface area contributed by atoms with Gasteiger partial charge in [-0.3, -0.25) is 34.3 Å². The zero-order valence-electron chi connectivity index (χ0n) is 27.2. The van der Waals surface area contributed by atoms with E-state index in [2.05, 4.69) is 5.43 Å². The van der Waals surface area contributed by atoms with Gasteiger partial charge in [-0.05, 0) is 68.4 Å². The van der Waals surface area contributed by atoms with Crippen molar-refractivity contribution in [1.29, 1.82) is 0 Å². The predicted octanol–water partition coefficient (Wildman–Crippen LogP) is 4.71. The third-order valence-electron chi connectivity index (χ3n) is 10.9. The minimum Gasteiger partial charge on any atom is -0.481 e. The fourth-order valence-electron chi connectivity index (χ4n) is 8.70. The second kappa shape index (κ2) is 12.8. The summed E-state index contributed by atoms with van der Waals surface area (Å²) in [6, 6.07) is 20.0. The van der Waals surface area contributed by atoms with E-state index in [4.69, 9.17) is 9.52 Å². The monoisotopic (exact) mass is 665 g/mol. The summed E-state index contributed by atoms with van der Waals surface area (Å²) in [6.45, 7) is 1.79. The number of nitrogens with zero attached hydrogens (tertiary/aromatic N) is 2. The average Bonchev–Trinajstić information content (AvgIpc) is 3.74. The standard InChI is InChI=1S/C38H39N3O8/c1-22-11-13-24(14-12-22)39-41-35(46)29-20-28-26(16-17-27-32(28)36(47)40(34(27)45)19-7-3-6-10-31(43)44)33(30-18-15-25(21-42)49-30)38(29,37(41)48)23-8-4-2-5-9-23/h2,4-5,8-9,11-16,18,27-29,32-33,39,42H,3,6-7,10,17,19-21H2,1H3,(H,43,44). The molecule has 49 heavy (non-hydrogen) atoms. The van der Waals surface area contributed by atoms with Gasteiger partial charge in [0, 0.05) is 13.0 Å². The number of hydrogen-bond acceptors (Lipinski definition) is 8. The number of nitrogens with one attached hydrogen (secondary N) is 1. The molecule has 3 aromatic rings. The number of benzene rings is 2. The summed E-state index contributed by atoms with van der Waals surface area (Å²) < 4.78 is 6.20. The van der Waals surface area contributed by atoms with E-state index in [1.54, 1.807) is 24.3 Å². The summed E-state index contributed by atoms with van der Waals surface area (Å²) >= 11 is 0. The zero-order chi connectivity index (χ0) is 34.4. The molecule has 2 aliphatic heterocycles. The van der Waals surface area contributed by atoms with Gasteiger partial charge in [0.1, 0.15) is 23.5 Å². The van der Waals surface area contributed by atoms with Gasteiger partial charge in [-0.15, -0.1) is 0 Å². The van der Waals surface area contributed by atoms with Crippen LogP contribution in [0.2, 0.25) is 0 Å². The third kappa shape index (κ3) is 5.27. The number of amides is 4. The highest BCUT2D eigenvalue weighted by Crippen LogP contribution is 2.64. The molecular weight excluding hydrogens is 626 g/mol. The Morgan fingerprint density at radius 3 is 2.37 bits per heavy atom. The smallest absolute Gasteiger partial charge is 0.303 e. The summed E-state index contributed by atoms with van der Waals surface area (Å²) in [6.07, 6.45) is 4.00. The van der Waals surface area contributed by atoms with E-state index in [0.29, 0.717) is 48.5 Å². The molecule has 0 spiro atoms. The van der Waals surface area contributed by atoms with Gasteiger partial charge in [0.05, 0.1) is 29.4 Å². The Kier molecular flexibility index (Phi) is 8.48. The Balaban J connectivity index is 1.31. The van der Waals surface area contributed by atoms with E-state index in [1.807, 2.05) is 55.5 Å². The summed E-state index contributed by atoms with van der Waals surface area (Å²) in [4.78, 5) is 69.7. The number of carboxylic acids is 1. The van der Waals surface area contributed by atoms with Gasteiger partial charge in [0.15, 0.2) is 0 Å². The van der Waals surface area contributed by atoms with Crippen LogP contribution < -0.4 is 5.43 Å². The van der Waals surface area contributed by atoms with Crippen LogP contribution in [0.1, 0.15) is 67.1 Å². The van der Waals surface area contributed by atoms with Crippen molar-refractivity contribution in [2.75, 3.05) is 12.0 Å². The number of furan rings is 1. The van der Waals surface area contributed by atoms with Crippen LogP contribution in [0.5, 0.6) is 0 Å². The molecule has 6 atom stereocenters. The lowest BCUT2D eigenvalue weighted by molar-refractivity contribution is -0.141. The van der Waals surface area contributed by atoms with Crippen LogP contribution in [0.15, 0.2) is 82.8 Å². The molecule has 11 heteroatoms. The van der Waals surface area contributed by atoms with Crippen LogP contribution in [0.4, 0.5) is 5.69 Å². The number of fused-ring (bicyclic) bond motifs is 4. The average molecular weight is 666 g/mol. The van der Waals surface area contributed by atoms with E-state index in [9.17, 15) is 24.3 Å². The molecule has 2 aromatic carbocycles. The van der Waals surface area contributed by atoms with E-state index in [0.717, 1.165) is 16.1 Å². The van der Waals surface area contributed by atoms with Gasteiger partial charge >= 0.3 is 5.97 Å². The predicted molar refractivity (Wildman–Crippen MR) is 176 cm³/mol. The number of aryl methyl sites for hydroxylation is 1. The summed E-state index contributed by atoms with van der Waals surface area (Å²) in [7, 11) is 0. The molecule has 0 radical (unpaired) electrons. The van der Waals surface area contributed by atoms with Crippen LogP contribution in [0.3, 0.4) is 0 Å². The van der Waals surface area contributed by atoms with Crippen LogP contribution in [-0.4, -0.2) is 56.3 Å². The van der Waals surface area contributed by atoms with E-state index in [-0.39, 0.29) is 37.8 Å². The number of carbonyl (C=O) groups excluding carboxylic acids is 4. The number of rotatable bonds is 11. The molecule has 4 amide bonds. The van der Waals surface area contributed by atoms with Crippen molar-refractivity contribution >= 4 is 35.3 Å². The Hall–Kier alpha value is -5.03. The van der Waals surface area contributed by atoms with Gasteiger partial charge in [-0.25, -0.2) is 0 Å². The van der Waals surface area contributed by atoms with Crippen molar-refractivity contribution in [3.63, 3.8) is 0 Å². The lowest BCUT2D eigenvalue weighted by Crippen LogP contribution is -2.53. The fourth-order valence-corrected chi connectivity index (χ4v) is 8.70. The first-order chi connectivity index (χ1) is 23.7. The largest absolute Gasteiger partial charge is 0.481 e. The highest BCUT2D eigenvalue weighted by molar-refractivity contribution is 6.13. The molecule has 4 aliphatic rings. The van der Waals surface area contributed by atoms with Crippen LogP contribution in [0.25, 0.3) is 0 Å². The molecule has 6 unspecified atom stereocenters. The minimum absolute atomic E-state index is 0.0295. The van der Waals surface area contributed by atoms with Crippen LogP contribution in [-0.2, 0) is 36.0 Å². The fraction of sp³-hybridized carbons (Fsp3) is 0.395. The molecule has 3 N–H and O–H groups in total. The first kappa shape index (κ1) is 32.5. The van der Waals surface area contributed by atoms with Crippen molar-refractivity contribution in [2.24, 2.45) is 23.7 Å². The van der Waals surface area contributed by atoms with Gasteiger partial charge < -0.3 is 14.6 Å². The van der Waals surface area contributed by atoms with E-state index in [1.165, 1.54) is 4.90 Å². The Bertz CT molecular complexity index is 1830. The van der Waals surface area contributed by atoms with Crippen molar-refractivity contribution in [3.05, 3.63) is 101 Å². The van der Waals surface area contributed by atoms with Crippen LogP contribution >= 0.6 is 0 Å². The molecular formula is C38H39N3O8. The number of imide groups is 2. The molecule has 1 aromatic heterocycles. The number of carboxylic acid groups (broad SMARTS) is 1. The number of aliphatic carboxylic acids is 1. The number of anilines is 1. The molecule has 1 saturated carbocycles. The molecule has 3 heterocycles. The topological polar surface area (TPSA) is 157 Å². The molecule has 2 aliphatic carbocycles. The number of hydrogen-bond donors (Lipinski definition) is 3. The van der Waals surface area contributed by atoms with E-state index >= 15 is 4.79 Å². The van der Waals surface area contributed by atoms with Crippen molar-refractivity contribution in [1.82, 2.24) is 9.91 Å². The Labute approximate surface area is 283 Å². The number of likely N-dealkylation sites (tertiary alicyclic amines) is 1. The van der Waals surface area contributed by atoms with E-state index < -0.39 is 52.8 Å². The first-order valence-electron chi connectivity index (χ1n) is 16.9. The summed E-state index contributed by atoms with van der Waals surface area (Å²) in [5.74, 6) is -5.12. The lowest BCUT2D eigenvalue weighted by atomic mass is 9.50. The Morgan fingerprint density at radius 1 is 0.918 bits per heavy atom. The van der Waals surface area contributed by atoms with Crippen molar-refractivity contribution in [2.45, 2.75) is 63.4 Å². The zero-order valence-corrected chi connectivity index (χ0v) is 27.2. The minimum atomic E-state index is -1.44. The number of aliphatic hydroxyl groups excluding tert-OH is 1. The second-order valence-electron chi connectivity index (χ2n) is 13.6. The third-order valence-corrected chi connectivity index (χ3v) is 10.9. The molecule has 7 rings (SSSR count). The van der Waals surface area contributed by atoms with Crippen molar-refractivity contribution in [3.8, 4) is 0 Å². The van der Waals surface area contributed by atoms with Crippen LogP contribution in [0, 0.1) is 30.6 Å². The van der Waals surface area contributed by atoms with Gasteiger partial charge in [0.25, 0.3) is 11.8 Å². The highest BCUT2D eigenvalue weighted by Gasteiger charge is 2.71. The maximum atomic E-state index is 15.0. The maximum absolute atomic E-state index is 15.0. The normalized spacial score (nSPS) is 27.6. The second-order valence-corrected chi connectivity index (χ2v) is 13.6. The number of allylic oxidation sites excluding steroid dienone is 2. The first-order valence-corrected chi connectivity index (χ1v) is 16.9. The molecule has 254 valence electrons. The lowest BCUT2D eigenvalue weighted by Gasteiger charge is -2.49. The van der Waals surface area contributed by atoms with Crippen molar-refractivity contribution < 1.29 is 38.6 Å². The summed E-state index contributed by atoms with van der Waals surface area (Å²) in [5.41, 5.74) is 4.64. The molecule has 3 fully saturated rings. The number of carbonyl (C=O) groups is 5. The molecule has 0 bridgehead atoms. The molecule has 11 nitrogen and oxygen atoms in total. The summed E-state index contributed by atoms with van der Waals surface area (Å²) in [5, 5.41) is 20.0. The number of unbranched alkanes of at least 4 members (excludes halogenated alkanes) is 2. The highest BCUT2D eigenvalue weighted by atomic mass is 16.4. The SMILES string of the molecule is Cc1ccc(NN2C(=O)C3CC4C(=CCC5C(=O)N(CCCCCC(=O)O)C(=O)C54)C(c4ccc(CO)o4)C3(c3ccccc3)C2=O)cc1. The maximum Gasteiger partial charge on any atom is 0.303 e. The van der Waals surface area contributed by atoms with Gasteiger partial charge in [-0.2, -0.15) is 5.01 Å².